The quantitative estimate of drug-likeness (QED) is 0.829. The summed E-state index contributed by atoms with van der Waals surface area (Å²) >= 11 is 3.44. The van der Waals surface area contributed by atoms with E-state index in [1.807, 2.05) is 19.1 Å². The minimum Gasteiger partial charge on any atom is -0.375 e. The Hall–Kier alpha value is -0.620. The molecule has 1 aromatic carbocycles. The van der Waals surface area contributed by atoms with Gasteiger partial charge in [-0.05, 0) is 24.6 Å². The van der Waals surface area contributed by atoms with Crippen LogP contribution < -0.4 is 10.6 Å². The molecule has 124 valence electrons. The predicted molar refractivity (Wildman–Crippen MR) is 94.6 cm³/mol. The number of morpholine rings is 1. The maximum atomic E-state index is 12.3. The number of carbonyl (C=O) groups is 1. The van der Waals surface area contributed by atoms with Crippen molar-refractivity contribution in [2.75, 3.05) is 19.7 Å². The minimum absolute atomic E-state index is 0. The van der Waals surface area contributed by atoms with E-state index >= 15 is 0 Å². The van der Waals surface area contributed by atoms with Crippen molar-refractivity contribution in [2.45, 2.75) is 38.3 Å². The van der Waals surface area contributed by atoms with Gasteiger partial charge in [0.1, 0.15) is 6.04 Å². The number of halogens is 2. The first-order valence-corrected chi connectivity index (χ1v) is 8.08. The zero-order valence-corrected chi connectivity index (χ0v) is 15.6. The van der Waals surface area contributed by atoms with E-state index in [1.165, 1.54) is 5.56 Å². The fourth-order valence-electron chi connectivity index (χ4n) is 2.45. The van der Waals surface area contributed by atoms with Gasteiger partial charge >= 0.3 is 0 Å². The summed E-state index contributed by atoms with van der Waals surface area (Å²) in [4.78, 5) is 12.3. The van der Waals surface area contributed by atoms with Crippen molar-refractivity contribution in [3.63, 3.8) is 0 Å². The Morgan fingerprint density at radius 2 is 2.05 bits per heavy atom. The summed E-state index contributed by atoms with van der Waals surface area (Å²) < 4.78 is 6.57. The molecular weight excluding hydrogens is 368 g/mol. The van der Waals surface area contributed by atoms with Gasteiger partial charge in [-0.25, -0.2) is 0 Å². The Morgan fingerprint density at radius 3 is 2.64 bits per heavy atom. The number of hydrogen-bond acceptors (Lipinski definition) is 3. The van der Waals surface area contributed by atoms with Crippen LogP contribution in [0.3, 0.4) is 0 Å². The molecule has 2 atom stereocenters. The van der Waals surface area contributed by atoms with Crippen LogP contribution in [0.5, 0.6) is 0 Å². The fourth-order valence-corrected chi connectivity index (χ4v) is 2.71. The molecule has 0 aromatic heterocycles. The summed E-state index contributed by atoms with van der Waals surface area (Å²) in [7, 11) is 0. The van der Waals surface area contributed by atoms with Gasteiger partial charge in [0, 0.05) is 23.0 Å². The van der Waals surface area contributed by atoms with Crippen molar-refractivity contribution in [1.29, 1.82) is 0 Å². The Kier molecular flexibility index (Phi) is 7.32. The molecule has 1 heterocycles. The van der Waals surface area contributed by atoms with Gasteiger partial charge in [-0.3, -0.25) is 4.79 Å². The maximum absolute atomic E-state index is 12.3. The molecular formula is C16H24BrClN2O2. The molecule has 0 radical (unpaired) electrons. The van der Waals surface area contributed by atoms with Crippen LogP contribution in [0.1, 0.15) is 26.3 Å². The highest BCUT2D eigenvalue weighted by Gasteiger charge is 2.29. The van der Waals surface area contributed by atoms with Crippen molar-refractivity contribution >= 4 is 34.2 Å². The van der Waals surface area contributed by atoms with Gasteiger partial charge in [0.25, 0.3) is 0 Å². The van der Waals surface area contributed by atoms with Crippen LogP contribution in [0.15, 0.2) is 28.7 Å². The van der Waals surface area contributed by atoms with Gasteiger partial charge in [0.05, 0.1) is 12.7 Å². The van der Waals surface area contributed by atoms with E-state index in [1.54, 1.807) is 0 Å². The standard InChI is InChI=1S/C16H23BrN2O2.ClH/c1-11-14(18-8-9-21-11)15(20)19-10-16(2,3)12-4-6-13(17)7-5-12;/h4-7,11,14,18H,8-10H2,1-3H3,(H,19,20);1H/t11-,14+;/m1./s1. The van der Waals surface area contributed by atoms with Crippen LogP contribution in [0, 0.1) is 0 Å². The number of amides is 1. The highest BCUT2D eigenvalue weighted by molar-refractivity contribution is 9.10. The lowest BCUT2D eigenvalue weighted by atomic mass is 9.84. The van der Waals surface area contributed by atoms with Crippen LogP contribution in [0.2, 0.25) is 0 Å². The van der Waals surface area contributed by atoms with E-state index in [0.717, 1.165) is 11.0 Å². The van der Waals surface area contributed by atoms with Gasteiger partial charge in [-0.15, -0.1) is 12.4 Å². The topological polar surface area (TPSA) is 50.4 Å². The molecule has 0 bridgehead atoms. The average Bonchev–Trinajstić information content (AvgIpc) is 2.46. The van der Waals surface area contributed by atoms with Crippen molar-refractivity contribution in [1.82, 2.24) is 10.6 Å². The largest absolute Gasteiger partial charge is 0.375 e. The van der Waals surface area contributed by atoms with Gasteiger partial charge in [0.15, 0.2) is 0 Å². The molecule has 0 unspecified atom stereocenters. The molecule has 22 heavy (non-hydrogen) atoms. The Balaban J connectivity index is 0.00000242. The van der Waals surface area contributed by atoms with Crippen LogP contribution in [-0.4, -0.2) is 37.7 Å². The van der Waals surface area contributed by atoms with Gasteiger partial charge in [0.2, 0.25) is 5.91 Å². The molecule has 1 saturated heterocycles. The summed E-state index contributed by atoms with van der Waals surface area (Å²) in [6.07, 6.45) is -0.0884. The van der Waals surface area contributed by atoms with E-state index < -0.39 is 0 Å². The lowest BCUT2D eigenvalue weighted by Crippen LogP contribution is -2.56. The molecule has 1 aliphatic rings. The van der Waals surface area contributed by atoms with Crippen LogP contribution in [0.4, 0.5) is 0 Å². The molecule has 0 spiro atoms. The Bertz CT molecular complexity index is 493. The molecule has 1 aliphatic heterocycles. The van der Waals surface area contributed by atoms with E-state index in [0.29, 0.717) is 13.2 Å². The first-order chi connectivity index (χ1) is 9.90. The summed E-state index contributed by atoms with van der Waals surface area (Å²) in [5.74, 6) is 0.00684. The zero-order valence-electron chi connectivity index (χ0n) is 13.2. The SMILES string of the molecule is C[C@H]1OCCN[C@@H]1C(=O)NCC(C)(C)c1ccc(Br)cc1.Cl. The van der Waals surface area contributed by atoms with Gasteiger partial charge in [-0.1, -0.05) is 41.9 Å². The Labute approximate surface area is 146 Å². The van der Waals surface area contributed by atoms with Crippen LogP contribution in [-0.2, 0) is 14.9 Å². The molecule has 1 amide bonds. The molecule has 2 N–H and O–H groups in total. The van der Waals surface area contributed by atoms with E-state index in [9.17, 15) is 4.79 Å². The number of ether oxygens (including phenoxy) is 1. The second-order valence-electron chi connectivity index (χ2n) is 6.12. The first kappa shape index (κ1) is 19.4. The monoisotopic (exact) mass is 390 g/mol. The first-order valence-electron chi connectivity index (χ1n) is 7.29. The molecule has 4 nitrogen and oxygen atoms in total. The summed E-state index contributed by atoms with van der Waals surface area (Å²) in [6.45, 7) is 8.16. The molecule has 1 aromatic rings. The van der Waals surface area contributed by atoms with Crippen molar-refractivity contribution in [3.05, 3.63) is 34.3 Å². The lowest BCUT2D eigenvalue weighted by Gasteiger charge is -2.31. The highest BCUT2D eigenvalue weighted by atomic mass is 79.9. The number of benzene rings is 1. The second kappa shape index (κ2) is 8.29. The smallest absolute Gasteiger partial charge is 0.239 e. The van der Waals surface area contributed by atoms with E-state index in [2.05, 4.69) is 52.5 Å². The molecule has 1 fully saturated rings. The van der Waals surface area contributed by atoms with E-state index in [-0.39, 0.29) is 35.9 Å². The normalized spacial score (nSPS) is 21.8. The zero-order chi connectivity index (χ0) is 15.5. The predicted octanol–water partition coefficient (Wildman–Crippen LogP) is 2.64. The lowest BCUT2D eigenvalue weighted by molar-refractivity contribution is -0.129. The summed E-state index contributed by atoms with van der Waals surface area (Å²) in [6, 6.07) is 7.95. The van der Waals surface area contributed by atoms with Gasteiger partial charge < -0.3 is 15.4 Å². The molecule has 6 heteroatoms. The third-order valence-corrected chi connectivity index (χ3v) is 4.46. The number of carbonyl (C=O) groups excluding carboxylic acids is 1. The van der Waals surface area contributed by atoms with E-state index in [4.69, 9.17) is 4.74 Å². The molecule has 0 aliphatic carbocycles. The van der Waals surface area contributed by atoms with Crippen molar-refractivity contribution < 1.29 is 9.53 Å². The number of nitrogens with one attached hydrogen (secondary N) is 2. The van der Waals surface area contributed by atoms with Gasteiger partial charge in [-0.2, -0.15) is 0 Å². The second-order valence-corrected chi connectivity index (χ2v) is 7.03. The third-order valence-electron chi connectivity index (χ3n) is 3.93. The maximum Gasteiger partial charge on any atom is 0.239 e. The van der Waals surface area contributed by atoms with Crippen LogP contribution >= 0.6 is 28.3 Å². The van der Waals surface area contributed by atoms with Crippen molar-refractivity contribution in [3.8, 4) is 0 Å². The Morgan fingerprint density at radius 1 is 1.41 bits per heavy atom. The summed E-state index contributed by atoms with van der Waals surface area (Å²) in [5, 5.41) is 6.25. The highest BCUT2D eigenvalue weighted by Crippen LogP contribution is 2.24. The summed E-state index contributed by atoms with van der Waals surface area (Å²) in [5.41, 5.74) is 1.08. The third kappa shape index (κ3) is 4.95. The minimum atomic E-state index is -0.264. The molecule has 2 rings (SSSR count). The molecule has 0 saturated carbocycles. The fraction of sp³-hybridized carbons (Fsp3) is 0.562. The average molecular weight is 392 g/mol. The number of hydrogen-bond donors (Lipinski definition) is 2. The number of rotatable bonds is 4. The van der Waals surface area contributed by atoms with Crippen molar-refractivity contribution in [2.24, 2.45) is 0 Å². The van der Waals surface area contributed by atoms with Crippen LogP contribution in [0.25, 0.3) is 0 Å².